The summed E-state index contributed by atoms with van der Waals surface area (Å²) in [4.78, 5) is 15.9. The first kappa shape index (κ1) is 8.26. The third kappa shape index (κ3) is 2.06. The second-order valence-electron chi connectivity index (χ2n) is 3.15. The molecule has 3 nitrogen and oxygen atoms in total. The molecule has 1 fully saturated rings. The van der Waals surface area contributed by atoms with Gasteiger partial charge in [-0.25, -0.2) is 0 Å². The monoisotopic (exact) mass is 177 g/mol. The van der Waals surface area contributed by atoms with E-state index >= 15 is 0 Å². The van der Waals surface area contributed by atoms with E-state index in [-0.39, 0.29) is 11.9 Å². The van der Waals surface area contributed by atoms with Crippen LogP contribution in [0.1, 0.15) is 12.8 Å². The average molecular weight is 177 g/mol. The van der Waals surface area contributed by atoms with E-state index in [2.05, 4.69) is 5.48 Å². The fourth-order valence-electron chi connectivity index (χ4n) is 1.19. The van der Waals surface area contributed by atoms with Crippen molar-refractivity contribution in [1.82, 2.24) is 0 Å². The van der Waals surface area contributed by atoms with Crippen LogP contribution < -0.4 is 5.48 Å². The van der Waals surface area contributed by atoms with Gasteiger partial charge in [0, 0.05) is 12.8 Å². The lowest BCUT2D eigenvalue weighted by Gasteiger charge is -2.23. The lowest BCUT2D eigenvalue weighted by atomic mass is 9.95. The summed E-state index contributed by atoms with van der Waals surface area (Å²) in [5.41, 5.74) is 3.73. The van der Waals surface area contributed by atoms with Crippen LogP contribution in [0.15, 0.2) is 30.3 Å². The van der Waals surface area contributed by atoms with E-state index in [1.54, 1.807) is 0 Å². The Morgan fingerprint density at radius 2 is 1.92 bits per heavy atom. The van der Waals surface area contributed by atoms with Crippen molar-refractivity contribution in [3.63, 3.8) is 0 Å². The maximum Gasteiger partial charge on any atom is 0.138 e. The van der Waals surface area contributed by atoms with Crippen molar-refractivity contribution in [1.29, 1.82) is 0 Å². The van der Waals surface area contributed by atoms with Crippen molar-refractivity contribution in [2.75, 3.05) is 5.48 Å². The minimum Gasteiger partial charge on any atom is -0.299 e. The van der Waals surface area contributed by atoms with Gasteiger partial charge in [-0.2, -0.15) is 0 Å². The molecule has 1 aromatic carbocycles. The van der Waals surface area contributed by atoms with Crippen molar-refractivity contribution >= 4 is 11.5 Å². The molecule has 1 aliphatic rings. The Morgan fingerprint density at radius 1 is 1.23 bits per heavy atom. The number of nitrogens with one attached hydrogen (secondary N) is 1. The van der Waals surface area contributed by atoms with Crippen LogP contribution >= 0.6 is 0 Å². The fraction of sp³-hybridized carbons (Fsp3) is 0.300. The first-order chi connectivity index (χ1) is 6.34. The van der Waals surface area contributed by atoms with Crippen molar-refractivity contribution in [3.8, 4) is 0 Å². The molecule has 68 valence electrons. The first-order valence-corrected chi connectivity index (χ1v) is 4.33. The molecule has 0 aromatic heterocycles. The summed E-state index contributed by atoms with van der Waals surface area (Å²) in [7, 11) is 0. The molecule has 0 heterocycles. The predicted octanol–water partition coefficient (Wildman–Crippen LogP) is 1.76. The molecule has 1 N–H and O–H groups in total. The van der Waals surface area contributed by atoms with Crippen LogP contribution in [0, 0.1) is 0 Å². The van der Waals surface area contributed by atoms with Crippen molar-refractivity contribution in [3.05, 3.63) is 30.3 Å². The highest BCUT2D eigenvalue weighted by atomic mass is 16.7. The summed E-state index contributed by atoms with van der Waals surface area (Å²) in [6, 6.07) is 9.63. The van der Waals surface area contributed by atoms with E-state index < -0.39 is 0 Å². The Kier molecular flexibility index (Phi) is 2.27. The highest BCUT2D eigenvalue weighted by Crippen LogP contribution is 2.18. The first-order valence-electron chi connectivity index (χ1n) is 4.33. The third-order valence-corrected chi connectivity index (χ3v) is 2.03. The Morgan fingerprint density at radius 3 is 2.54 bits per heavy atom. The number of hydrogen-bond donors (Lipinski definition) is 1. The zero-order chi connectivity index (χ0) is 9.10. The smallest absolute Gasteiger partial charge is 0.138 e. The van der Waals surface area contributed by atoms with Crippen molar-refractivity contribution in [2.24, 2.45) is 0 Å². The number of anilines is 1. The number of ketones is 1. The van der Waals surface area contributed by atoms with Gasteiger partial charge in [0.05, 0.1) is 11.8 Å². The zero-order valence-electron chi connectivity index (χ0n) is 7.19. The molecule has 0 bridgehead atoms. The second-order valence-corrected chi connectivity index (χ2v) is 3.15. The van der Waals surface area contributed by atoms with Crippen LogP contribution in [0.5, 0.6) is 0 Å². The number of carbonyl (C=O) groups excluding carboxylic acids is 1. The summed E-state index contributed by atoms with van der Waals surface area (Å²) in [6.07, 6.45) is 1.15. The molecule has 0 aliphatic heterocycles. The fourth-order valence-corrected chi connectivity index (χ4v) is 1.19. The highest BCUT2D eigenvalue weighted by Gasteiger charge is 2.27. The molecule has 1 aliphatic carbocycles. The van der Waals surface area contributed by atoms with Gasteiger partial charge in [-0.05, 0) is 12.1 Å². The minimum absolute atomic E-state index is 0.0627. The van der Waals surface area contributed by atoms with Crippen LogP contribution in [0.4, 0.5) is 5.69 Å². The molecular weight excluding hydrogens is 166 g/mol. The number of para-hydroxylation sites is 1. The molecule has 0 spiro atoms. The van der Waals surface area contributed by atoms with Gasteiger partial charge in [-0.15, -0.1) is 0 Å². The van der Waals surface area contributed by atoms with Crippen LogP contribution in [-0.2, 0) is 9.63 Å². The number of rotatable bonds is 3. The van der Waals surface area contributed by atoms with E-state index in [9.17, 15) is 4.79 Å². The third-order valence-electron chi connectivity index (χ3n) is 2.03. The van der Waals surface area contributed by atoms with Crippen LogP contribution in [0.2, 0.25) is 0 Å². The molecule has 0 unspecified atom stereocenters. The predicted molar refractivity (Wildman–Crippen MR) is 49.2 cm³/mol. The highest BCUT2D eigenvalue weighted by molar-refractivity contribution is 5.85. The van der Waals surface area contributed by atoms with Gasteiger partial charge in [-0.3, -0.25) is 15.1 Å². The van der Waals surface area contributed by atoms with Gasteiger partial charge < -0.3 is 0 Å². The zero-order valence-corrected chi connectivity index (χ0v) is 7.19. The summed E-state index contributed by atoms with van der Waals surface area (Å²) in [5, 5.41) is 0. The molecule has 1 saturated carbocycles. The van der Waals surface area contributed by atoms with E-state index in [0.717, 1.165) is 5.69 Å². The largest absolute Gasteiger partial charge is 0.299 e. The summed E-state index contributed by atoms with van der Waals surface area (Å²) >= 11 is 0. The molecule has 0 amide bonds. The van der Waals surface area contributed by atoms with Gasteiger partial charge in [0.15, 0.2) is 0 Å². The quantitative estimate of drug-likeness (QED) is 0.715. The van der Waals surface area contributed by atoms with E-state index in [1.807, 2.05) is 30.3 Å². The van der Waals surface area contributed by atoms with E-state index in [0.29, 0.717) is 12.8 Å². The maximum absolute atomic E-state index is 10.6. The Hall–Kier alpha value is -1.35. The summed E-state index contributed by atoms with van der Waals surface area (Å²) in [5.74, 6) is 0.278. The van der Waals surface area contributed by atoms with Crippen molar-refractivity contribution in [2.45, 2.75) is 18.9 Å². The lowest BCUT2D eigenvalue weighted by Crippen LogP contribution is -2.32. The van der Waals surface area contributed by atoms with Gasteiger partial charge >= 0.3 is 0 Å². The number of carbonyl (C=O) groups is 1. The van der Waals surface area contributed by atoms with Crippen LogP contribution in [0.25, 0.3) is 0 Å². The van der Waals surface area contributed by atoms with Gasteiger partial charge in [0.1, 0.15) is 5.78 Å². The minimum atomic E-state index is 0.0627. The molecule has 1 aromatic rings. The Balaban J connectivity index is 1.77. The van der Waals surface area contributed by atoms with Crippen LogP contribution in [-0.4, -0.2) is 11.9 Å². The Labute approximate surface area is 76.7 Å². The standard InChI is InChI=1S/C10H11NO2/c12-9-6-10(7-9)13-11-8-4-2-1-3-5-8/h1-5,10-11H,6-7H2. The molecule has 0 saturated heterocycles. The summed E-state index contributed by atoms with van der Waals surface area (Å²) in [6.45, 7) is 0. The topological polar surface area (TPSA) is 38.3 Å². The lowest BCUT2D eigenvalue weighted by molar-refractivity contribution is -0.132. The number of hydrogen-bond acceptors (Lipinski definition) is 3. The SMILES string of the molecule is O=C1CC(ONc2ccccc2)C1. The van der Waals surface area contributed by atoms with Gasteiger partial charge in [0.2, 0.25) is 0 Å². The number of benzene rings is 1. The molecule has 0 radical (unpaired) electrons. The second kappa shape index (κ2) is 3.58. The van der Waals surface area contributed by atoms with Gasteiger partial charge in [-0.1, -0.05) is 18.2 Å². The molecule has 2 rings (SSSR count). The molecule has 3 heteroatoms. The normalized spacial score (nSPS) is 16.8. The van der Waals surface area contributed by atoms with E-state index in [4.69, 9.17) is 4.84 Å². The van der Waals surface area contributed by atoms with Crippen LogP contribution in [0.3, 0.4) is 0 Å². The van der Waals surface area contributed by atoms with E-state index in [1.165, 1.54) is 0 Å². The maximum atomic E-state index is 10.6. The average Bonchev–Trinajstić information content (AvgIpc) is 2.12. The van der Waals surface area contributed by atoms with Crippen molar-refractivity contribution < 1.29 is 9.63 Å². The molecule has 0 atom stereocenters. The van der Waals surface area contributed by atoms with Gasteiger partial charge in [0.25, 0.3) is 0 Å². The summed E-state index contributed by atoms with van der Waals surface area (Å²) < 4.78 is 0. The molecule has 13 heavy (non-hydrogen) atoms. The Bertz CT molecular complexity index is 289. The molecular formula is C10H11NO2. The number of Topliss-reactive ketones (excluding diaryl/α,β-unsaturated/α-hetero) is 1.